The third-order valence-electron chi connectivity index (χ3n) is 15.9. The maximum atomic E-state index is 15.3. The average molecular weight is 884 g/mol. The van der Waals surface area contributed by atoms with Gasteiger partial charge in [0.15, 0.2) is 6.10 Å². The van der Waals surface area contributed by atoms with Gasteiger partial charge in [-0.05, 0) is 79.4 Å². The summed E-state index contributed by atoms with van der Waals surface area (Å²) >= 11 is 0. The van der Waals surface area contributed by atoms with Gasteiger partial charge in [0.1, 0.15) is 23.1 Å². The fourth-order valence-corrected chi connectivity index (χ4v) is 12.3. The highest BCUT2D eigenvalue weighted by Gasteiger charge is 2.88. The lowest BCUT2D eigenvalue weighted by Gasteiger charge is -2.78. The van der Waals surface area contributed by atoms with Crippen molar-refractivity contribution in [2.75, 3.05) is 6.61 Å². The predicted octanol–water partition coefficient (Wildman–Crippen LogP) is 6.43. The number of aromatic carboxylic acids is 1. The fraction of sp³-hybridized carbons (Fsp3) is 0.404. The van der Waals surface area contributed by atoms with Crippen molar-refractivity contribution in [1.29, 1.82) is 0 Å². The second kappa shape index (κ2) is 15.9. The third kappa shape index (κ3) is 6.45. The van der Waals surface area contributed by atoms with E-state index in [9.17, 15) is 29.7 Å². The number of carboxylic acids is 1. The van der Waals surface area contributed by atoms with Crippen LogP contribution in [0.15, 0.2) is 126 Å². The number of Topliss-reactive ketones (excluding diaryl/α,β-unsaturated/α-hetero) is 1. The molecule has 9 rings (SSSR count). The lowest BCUT2D eigenvalue weighted by Crippen LogP contribution is -2.88. The molecule has 0 bridgehead atoms. The average Bonchev–Trinajstić information content (AvgIpc) is 3.31. The van der Waals surface area contributed by atoms with Gasteiger partial charge in [0.2, 0.25) is 0 Å². The van der Waals surface area contributed by atoms with Crippen LogP contribution in [-0.4, -0.2) is 87.1 Å². The molecule has 5 aliphatic rings. The van der Waals surface area contributed by atoms with E-state index in [1.807, 2.05) is 6.92 Å². The molecular formula is C52H53NO12. The van der Waals surface area contributed by atoms with Crippen LogP contribution >= 0.6 is 0 Å². The Balaban J connectivity index is 1.14. The minimum absolute atomic E-state index is 0.0620. The summed E-state index contributed by atoms with van der Waals surface area (Å²) in [6, 6.07) is 30.5. The second-order valence-corrected chi connectivity index (χ2v) is 19.1. The summed E-state index contributed by atoms with van der Waals surface area (Å²) in [7, 11) is 0. The van der Waals surface area contributed by atoms with E-state index in [2.05, 4.69) is 5.32 Å². The number of amides is 1. The van der Waals surface area contributed by atoms with Crippen LogP contribution in [-0.2, 0) is 35.1 Å². The summed E-state index contributed by atoms with van der Waals surface area (Å²) in [6.45, 7) is 8.93. The number of esters is 2. The molecule has 13 heteroatoms. The molecule has 1 aliphatic heterocycles. The third-order valence-corrected chi connectivity index (χ3v) is 15.9. The molecular weight excluding hydrogens is 831 g/mol. The Hall–Kier alpha value is -5.99. The summed E-state index contributed by atoms with van der Waals surface area (Å²) in [4.78, 5) is 70.2. The smallest absolute Gasteiger partial charge is 0.338 e. The van der Waals surface area contributed by atoms with Crippen LogP contribution in [0.3, 0.4) is 0 Å². The molecule has 12 atom stereocenters. The number of hydrogen-bond acceptors (Lipinski definition) is 11. The quantitative estimate of drug-likeness (QED) is 0.0901. The molecule has 1 saturated heterocycles. The molecule has 2 unspecified atom stereocenters. The highest BCUT2D eigenvalue weighted by molar-refractivity contribution is 5.96. The Bertz CT molecular complexity index is 2580. The van der Waals surface area contributed by atoms with Gasteiger partial charge in [-0.3, -0.25) is 9.59 Å². The van der Waals surface area contributed by atoms with E-state index in [0.29, 0.717) is 27.8 Å². The van der Waals surface area contributed by atoms with Gasteiger partial charge in [0.05, 0.1) is 53.4 Å². The standard InChI is InChI=1S/C52H53NO12/c1-29-38-30(2)52(27-51(61,50(38,52)5)43(64-46(59)35-19-13-8-14-20-35)41-48(3)28-63-37(48)25-36(54)49(41,4)42(29)55)65-47(60)40(62-26-31-21-23-34(24-22-31)45(57)58)39(32-15-9-6-10-16-32)53-44(56)33-17-11-7-12-18-33/h6-24,29,36-37,39-41,43,54,61H,25-28H2,1-5H3,(H,53,56)(H,57,58)/t29-,36+,37?,39+,40-,41?,43+,48-,49-,50-,51-,52-/m1/s1. The zero-order valence-corrected chi connectivity index (χ0v) is 36.9. The van der Waals surface area contributed by atoms with Crippen LogP contribution in [0.1, 0.15) is 95.7 Å². The van der Waals surface area contributed by atoms with Crippen molar-refractivity contribution in [3.8, 4) is 0 Å². The maximum Gasteiger partial charge on any atom is 0.338 e. The van der Waals surface area contributed by atoms with Crippen molar-refractivity contribution in [1.82, 2.24) is 5.32 Å². The second-order valence-electron chi connectivity index (χ2n) is 19.1. The number of benzene rings is 4. The number of ether oxygens (including phenoxy) is 4. The highest BCUT2D eigenvalue weighted by atomic mass is 16.6. The number of hydrogen-bond donors (Lipinski definition) is 4. The Morgan fingerprint density at radius 3 is 2.03 bits per heavy atom. The number of fused-ring (bicyclic) bond motifs is 3. The molecule has 65 heavy (non-hydrogen) atoms. The summed E-state index contributed by atoms with van der Waals surface area (Å²) < 4.78 is 25.7. The first-order chi connectivity index (χ1) is 30.9. The zero-order valence-electron chi connectivity index (χ0n) is 36.9. The number of aliphatic hydroxyl groups is 2. The van der Waals surface area contributed by atoms with Crippen LogP contribution in [0.4, 0.5) is 0 Å². The first-order valence-corrected chi connectivity index (χ1v) is 22.0. The Kier molecular flexibility index (Phi) is 10.8. The Morgan fingerprint density at radius 2 is 1.45 bits per heavy atom. The topological polar surface area (TPSA) is 195 Å². The molecule has 4 fully saturated rings. The molecule has 1 amide bonds. The zero-order chi connectivity index (χ0) is 46.3. The normalized spacial score (nSPS) is 34.0. The molecule has 4 N–H and O–H groups in total. The molecule has 338 valence electrons. The summed E-state index contributed by atoms with van der Waals surface area (Å²) in [5, 5.41) is 38.0. The predicted molar refractivity (Wildman–Crippen MR) is 234 cm³/mol. The molecule has 0 radical (unpaired) electrons. The van der Waals surface area contributed by atoms with E-state index in [1.54, 1.807) is 131 Å². The Morgan fingerprint density at radius 1 is 0.846 bits per heavy atom. The van der Waals surface area contributed by atoms with Gasteiger partial charge in [-0.2, -0.15) is 0 Å². The number of rotatable bonds is 12. The summed E-state index contributed by atoms with van der Waals surface area (Å²) in [5.41, 5.74) is -4.48. The fourth-order valence-electron chi connectivity index (χ4n) is 12.3. The SMILES string of the molecule is CC1=C2[C@@H](C)C(=O)[C@@]3(C)C([C@H](OC(=O)c4ccccc4)[C@]4(O)C[C@]1(OC(=O)[C@H](OCc1ccc(C(=O)O)cc1)[C@@H](NC(=O)c1ccccc1)c1ccccc1)[C@]24C)[C@]1(C)COC1C[C@@H]3O. The van der Waals surface area contributed by atoms with Crippen molar-refractivity contribution in [3.63, 3.8) is 0 Å². The van der Waals surface area contributed by atoms with Gasteiger partial charge >= 0.3 is 17.9 Å². The number of carboxylic acid groups (broad SMARTS) is 1. The van der Waals surface area contributed by atoms with Gasteiger partial charge in [-0.25, -0.2) is 14.4 Å². The van der Waals surface area contributed by atoms with Gasteiger partial charge in [0, 0.05) is 35.7 Å². The van der Waals surface area contributed by atoms with Crippen molar-refractivity contribution < 1.29 is 58.2 Å². The van der Waals surface area contributed by atoms with Crippen molar-refractivity contribution in [2.24, 2.45) is 28.1 Å². The number of carbonyl (C=O) groups is 5. The van der Waals surface area contributed by atoms with Gasteiger partial charge < -0.3 is 39.6 Å². The van der Waals surface area contributed by atoms with Crippen LogP contribution in [0.25, 0.3) is 0 Å². The van der Waals surface area contributed by atoms with Crippen molar-refractivity contribution in [3.05, 3.63) is 154 Å². The van der Waals surface area contributed by atoms with Crippen molar-refractivity contribution >= 4 is 29.6 Å². The lowest BCUT2D eigenvalue weighted by atomic mass is 9.29. The van der Waals surface area contributed by atoms with E-state index in [4.69, 9.17) is 18.9 Å². The van der Waals surface area contributed by atoms with Gasteiger partial charge in [0.25, 0.3) is 5.91 Å². The number of nitrogens with one attached hydrogen (secondary N) is 1. The monoisotopic (exact) mass is 883 g/mol. The molecule has 4 aromatic rings. The van der Waals surface area contributed by atoms with Gasteiger partial charge in [-0.1, -0.05) is 92.7 Å². The Labute approximate surface area is 376 Å². The summed E-state index contributed by atoms with van der Waals surface area (Å²) in [6.07, 6.45) is -4.61. The van der Waals surface area contributed by atoms with Crippen LogP contribution in [0.5, 0.6) is 0 Å². The van der Waals surface area contributed by atoms with E-state index < -0.39 is 93.6 Å². The largest absolute Gasteiger partial charge is 0.478 e. The highest BCUT2D eigenvalue weighted by Crippen LogP contribution is 2.79. The van der Waals surface area contributed by atoms with E-state index >= 15 is 9.59 Å². The maximum absolute atomic E-state index is 15.3. The van der Waals surface area contributed by atoms with Crippen LogP contribution < -0.4 is 5.32 Å². The molecule has 0 spiro atoms. The molecule has 1 heterocycles. The minimum Gasteiger partial charge on any atom is -0.478 e. The van der Waals surface area contributed by atoms with E-state index in [0.717, 1.165) is 0 Å². The number of aliphatic hydroxyl groups excluding tert-OH is 1. The van der Waals surface area contributed by atoms with Gasteiger partial charge in [-0.15, -0.1) is 0 Å². The number of carbonyl (C=O) groups excluding carboxylic acids is 4. The number of ketones is 1. The van der Waals surface area contributed by atoms with E-state index in [-0.39, 0.29) is 43.0 Å². The molecule has 3 saturated carbocycles. The first-order valence-electron chi connectivity index (χ1n) is 22.0. The molecule has 13 nitrogen and oxygen atoms in total. The minimum atomic E-state index is -1.93. The molecule has 4 aliphatic carbocycles. The summed E-state index contributed by atoms with van der Waals surface area (Å²) in [5.74, 6) is -5.26. The van der Waals surface area contributed by atoms with Crippen LogP contribution in [0.2, 0.25) is 0 Å². The van der Waals surface area contributed by atoms with E-state index in [1.165, 1.54) is 12.1 Å². The lowest BCUT2D eigenvalue weighted by molar-refractivity contribution is -0.361. The molecule has 4 aromatic carbocycles. The van der Waals surface area contributed by atoms with Crippen LogP contribution in [0, 0.1) is 28.1 Å². The first kappa shape index (κ1) is 44.2. The molecule has 0 aromatic heterocycles. The van der Waals surface area contributed by atoms with Crippen molar-refractivity contribution in [2.45, 2.75) is 95.7 Å².